The third-order valence-electron chi connectivity index (χ3n) is 4.51. The van der Waals surface area contributed by atoms with E-state index in [2.05, 4.69) is 10.0 Å². The quantitative estimate of drug-likeness (QED) is 0.577. The number of benzene rings is 3. The summed E-state index contributed by atoms with van der Waals surface area (Å²) in [4.78, 5) is 12.5. The summed E-state index contributed by atoms with van der Waals surface area (Å²) in [7, 11) is -3.98. The summed E-state index contributed by atoms with van der Waals surface area (Å²) in [6.07, 6.45) is 0. The lowest BCUT2D eigenvalue weighted by molar-refractivity contribution is 0.102. The van der Waals surface area contributed by atoms with Crippen LogP contribution >= 0.6 is 11.6 Å². The molecule has 0 unspecified atom stereocenters. The first-order valence-electron chi connectivity index (χ1n) is 8.94. The van der Waals surface area contributed by atoms with Crippen molar-refractivity contribution in [2.45, 2.75) is 25.7 Å². The minimum absolute atomic E-state index is 0.0373. The molecule has 1 amide bonds. The fraction of sp³-hybridized carbons (Fsp3) is 0.136. The van der Waals surface area contributed by atoms with Gasteiger partial charge in [0.15, 0.2) is 0 Å². The van der Waals surface area contributed by atoms with Gasteiger partial charge in [-0.2, -0.15) is 0 Å². The van der Waals surface area contributed by atoms with Crippen LogP contribution in [-0.4, -0.2) is 14.3 Å². The molecule has 7 heteroatoms. The Hall–Kier alpha value is -2.83. The van der Waals surface area contributed by atoms with Gasteiger partial charge in [0.05, 0.1) is 10.7 Å². The van der Waals surface area contributed by atoms with Gasteiger partial charge in [-0.15, -0.1) is 0 Å². The summed E-state index contributed by atoms with van der Waals surface area (Å²) in [5, 5.41) is 2.83. The van der Waals surface area contributed by atoms with E-state index in [0.29, 0.717) is 11.4 Å². The molecule has 0 saturated heterocycles. The molecule has 0 aliphatic rings. The first kappa shape index (κ1) is 20.9. The molecular formula is C22H21ClN2O3S. The van der Waals surface area contributed by atoms with Crippen molar-refractivity contribution in [1.29, 1.82) is 0 Å². The molecule has 3 aromatic carbocycles. The van der Waals surface area contributed by atoms with Crippen molar-refractivity contribution in [2.75, 3.05) is 10.0 Å². The fourth-order valence-corrected chi connectivity index (χ4v) is 4.45. The molecule has 0 spiro atoms. The first-order chi connectivity index (χ1) is 13.7. The summed E-state index contributed by atoms with van der Waals surface area (Å²) in [6.45, 7) is 5.56. The predicted octanol–water partition coefficient (Wildman–Crippen LogP) is 5.32. The number of anilines is 2. The maximum Gasteiger partial charge on any atom is 0.263 e. The maximum atomic E-state index is 12.9. The van der Waals surface area contributed by atoms with Crippen LogP contribution in [-0.2, 0) is 10.0 Å². The van der Waals surface area contributed by atoms with E-state index >= 15 is 0 Å². The highest BCUT2D eigenvalue weighted by Gasteiger charge is 2.21. The van der Waals surface area contributed by atoms with Crippen molar-refractivity contribution >= 4 is 38.9 Å². The van der Waals surface area contributed by atoms with Gasteiger partial charge in [-0.1, -0.05) is 41.9 Å². The molecule has 0 aliphatic heterocycles. The highest BCUT2D eigenvalue weighted by atomic mass is 35.5. The zero-order chi connectivity index (χ0) is 21.2. The molecule has 2 N–H and O–H groups in total. The average Bonchev–Trinajstić information content (AvgIpc) is 2.66. The number of nitrogens with one attached hydrogen (secondary N) is 2. The molecule has 0 saturated carbocycles. The fourth-order valence-electron chi connectivity index (χ4n) is 2.80. The molecule has 0 aliphatic carbocycles. The Morgan fingerprint density at radius 1 is 0.862 bits per heavy atom. The van der Waals surface area contributed by atoms with Crippen LogP contribution in [0.5, 0.6) is 0 Å². The van der Waals surface area contributed by atoms with Gasteiger partial charge in [0.2, 0.25) is 0 Å². The van der Waals surface area contributed by atoms with Gasteiger partial charge in [-0.25, -0.2) is 8.42 Å². The lowest BCUT2D eigenvalue weighted by atomic mass is 10.1. The van der Waals surface area contributed by atoms with Crippen LogP contribution in [0.15, 0.2) is 65.6 Å². The van der Waals surface area contributed by atoms with Crippen LogP contribution < -0.4 is 10.0 Å². The number of sulfonamides is 1. The number of halogens is 1. The number of carbonyl (C=O) groups excluding carboxylic acids is 1. The van der Waals surface area contributed by atoms with Gasteiger partial charge >= 0.3 is 0 Å². The molecular weight excluding hydrogens is 408 g/mol. The van der Waals surface area contributed by atoms with Crippen LogP contribution in [0.1, 0.15) is 27.0 Å². The molecule has 0 atom stereocenters. The number of aryl methyl sites for hydroxylation is 3. The number of rotatable bonds is 5. The number of para-hydroxylation sites is 1. The van der Waals surface area contributed by atoms with Crippen LogP contribution in [0.4, 0.5) is 11.4 Å². The topological polar surface area (TPSA) is 75.3 Å². The summed E-state index contributed by atoms with van der Waals surface area (Å²) in [5.41, 5.74) is 3.92. The Morgan fingerprint density at radius 2 is 1.55 bits per heavy atom. The second-order valence-corrected chi connectivity index (χ2v) is 8.90. The van der Waals surface area contributed by atoms with Crippen LogP contribution in [0.25, 0.3) is 0 Å². The number of hydrogen-bond acceptors (Lipinski definition) is 3. The Kier molecular flexibility index (Phi) is 5.96. The van der Waals surface area contributed by atoms with E-state index in [4.69, 9.17) is 11.6 Å². The summed E-state index contributed by atoms with van der Waals surface area (Å²) >= 11 is 6.16. The minimum atomic E-state index is -3.98. The maximum absolute atomic E-state index is 12.9. The minimum Gasteiger partial charge on any atom is -0.322 e. The van der Waals surface area contributed by atoms with Crippen molar-refractivity contribution in [1.82, 2.24) is 0 Å². The smallest absolute Gasteiger partial charge is 0.263 e. The molecule has 5 nitrogen and oxygen atoms in total. The Bertz CT molecular complexity index is 1190. The van der Waals surface area contributed by atoms with Gasteiger partial charge in [-0.05, 0) is 67.8 Å². The molecule has 3 rings (SSSR count). The second-order valence-electron chi connectivity index (χ2n) is 6.84. The molecule has 0 radical (unpaired) electrons. The molecule has 0 bridgehead atoms. The Labute approximate surface area is 175 Å². The van der Waals surface area contributed by atoms with Gasteiger partial charge < -0.3 is 5.32 Å². The highest BCUT2D eigenvalue weighted by Crippen LogP contribution is 2.27. The highest BCUT2D eigenvalue weighted by molar-refractivity contribution is 7.92. The van der Waals surface area contributed by atoms with Crippen molar-refractivity contribution in [2.24, 2.45) is 0 Å². The van der Waals surface area contributed by atoms with Gasteiger partial charge in [-0.3, -0.25) is 9.52 Å². The largest absolute Gasteiger partial charge is 0.322 e. The van der Waals surface area contributed by atoms with E-state index in [9.17, 15) is 13.2 Å². The van der Waals surface area contributed by atoms with Crippen molar-refractivity contribution in [3.05, 3.63) is 87.9 Å². The summed E-state index contributed by atoms with van der Waals surface area (Å²) in [5.74, 6) is -0.417. The second kappa shape index (κ2) is 8.27. The zero-order valence-electron chi connectivity index (χ0n) is 16.3. The third kappa shape index (κ3) is 4.78. The lowest BCUT2D eigenvalue weighted by Crippen LogP contribution is -2.17. The molecule has 0 aromatic heterocycles. The van der Waals surface area contributed by atoms with Crippen molar-refractivity contribution in [3.8, 4) is 0 Å². The average molecular weight is 429 g/mol. The predicted molar refractivity (Wildman–Crippen MR) is 117 cm³/mol. The summed E-state index contributed by atoms with van der Waals surface area (Å²) < 4.78 is 28.5. The van der Waals surface area contributed by atoms with Crippen LogP contribution in [0, 0.1) is 20.8 Å². The lowest BCUT2D eigenvalue weighted by Gasteiger charge is -2.14. The van der Waals surface area contributed by atoms with Crippen LogP contribution in [0.2, 0.25) is 5.02 Å². The van der Waals surface area contributed by atoms with E-state index in [1.54, 1.807) is 12.1 Å². The monoisotopic (exact) mass is 428 g/mol. The molecule has 29 heavy (non-hydrogen) atoms. The van der Waals surface area contributed by atoms with E-state index in [1.807, 2.05) is 51.1 Å². The van der Waals surface area contributed by atoms with Gasteiger partial charge in [0.1, 0.15) is 4.90 Å². The molecule has 150 valence electrons. The number of carbonyl (C=O) groups is 1. The number of hydrogen-bond donors (Lipinski definition) is 2. The zero-order valence-corrected chi connectivity index (χ0v) is 17.9. The summed E-state index contributed by atoms with van der Waals surface area (Å²) in [6, 6.07) is 17.0. The normalized spacial score (nSPS) is 11.2. The molecule has 0 heterocycles. The standard InChI is InChI=1S/C22H21ClN2O3S/c1-14-8-9-16(3)20(12-14)25-29(27,28)21-13-17(10-11-18(21)23)22(26)24-19-7-5-4-6-15(19)2/h4-13,25H,1-3H3,(H,24,26). The molecule has 0 fully saturated rings. The third-order valence-corrected chi connectivity index (χ3v) is 6.36. The SMILES string of the molecule is Cc1ccc(C)c(NS(=O)(=O)c2cc(C(=O)Nc3ccccc3C)ccc2Cl)c1. The van der Waals surface area contributed by atoms with E-state index < -0.39 is 15.9 Å². The van der Waals surface area contributed by atoms with Gasteiger partial charge in [0.25, 0.3) is 15.9 Å². The molecule has 3 aromatic rings. The number of amides is 1. The van der Waals surface area contributed by atoms with E-state index in [1.165, 1.54) is 18.2 Å². The van der Waals surface area contributed by atoms with E-state index in [-0.39, 0.29) is 15.5 Å². The van der Waals surface area contributed by atoms with Crippen molar-refractivity contribution in [3.63, 3.8) is 0 Å². The Morgan fingerprint density at radius 3 is 2.28 bits per heavy atom. The Balaban J connectivity index is 1.93. The van der Waals surface area contributed by atoms with E-state index in [0.717, 1.165) is 16.7 Å². The van der Waals surface area contributed by atoms with Crippen LogP contribution in [0.3, 0.4) is 0 Å². The first-order valence-corrected chi connectivity index (χ1v) is 10.8. The van der Waals surface area contributed by atoms with Crippen molar-refractivity contribution < 1.29 is 13.2 Å². The van der Waals surface area contributed by atoms with Gasteiger partial charge in [0, 0.05) is 11.3 Å².